The Kier molecular flexibility index (Phi) is 4.88. The predicted molar refractivity (Wildman–Crippen MR) is 101 cm³/mol. The molecule has 0 aliphatic carbocycles. The first-order chi connectivity index (χ1) is 13.7. The lowest BCUT2D eigenvalue weighted by atomic mass is 10.3. The number of carbonyl (C=O) groups excluding carboxylic acids is 1. The second-order valence-corrected chi connectivity index (χ2v) is 5.81. The molecule has 0 aliphatic rings. The van der Waals surface area contributed by atoms with Crippen LogP contribution in [-0.4, -0.2) is 29.7 Å². The van der Waals surface area contributed by atoms with E-state index in [-0.39, 0.29) is 6.61 Å². The maximum Gasteiger partial charge on any atom is 0.349 e. The molecule has 0 fully saturated rings. The minimum Gasteiger partial charge on any atom is -0.497 e. The molecule has 2 heterocycles. The number of ether oxygens (including phenoxy) is 3. The van der Waals surface area contributed by atoms with E-state index < -0.39 is 5.97 Å². The van der Waals surface area contributed by atoms with Crippen molar-refractivity contribution >= 4 is 17.1 Å². The van der Waals surface area contributed by atoms with Gasteiger partial charge in [-0.15, -0.1) is 0 Å². The lowest BCUT2D eigenvalue weighted by molar-refractivity contribution is -0.136. The number of hydrogen-bond acceptors (Lipinski definition) is 7. The number of nitrogens with zero attached hydrogens (tertiary/aromatic N) is 2. The number of fused-ring (bicyclic) bond motifs is 1. The smallest absolute Gasteiger partial charge is 0.349 e. The largest absolute Gasteiger partial charge is 0.497 e. The second-order valence-electron chi connectivity index (χ2n) is 5.81. The molecule has 0 saturated heterocycles. The molecule has 0 unspecified atom stereocenters. The number of hydrogen-bond donors (Lipinski definition) is 0. The van der Waals surface area contributed by atoms with Crippen LogP contribution < -0.4 is 14.2 Å². The lowest BCUT2D eigenvalue weighted by Gasteiger charge is -2.07. The SMILES string of the molecule is COc1cccc(OCC(=O)Oc2ccc3nc(-c4ccccn4)oc3c2)c1. The molecule has 0 bridgehead atoms. The minimum absolute atomic E-state index is 0.235. The van der Waals surface area contributed by atoms with Gasteiger partial charge in [0.15, 0.2) is 12.2 Å². The summed E-state index contributed by atoms with van der Waals surface area (Å²) in [7, 11) is 1.56. The molecule has 4 aromatic rings. The van der Waals surface area contributed by atoms with E-state index in [1.165, 1.54) is 0 Å². The zero-order valence-electron chi connectivity index (χ0n) is 15.0. The van der Waals surface area contributed by atoms with Crippen molar-refractivity contribution in [3.63, 3.8) is 0 Å². The van der Waals surface area contributed by atoms with Crippen LogP contribution in [0.4, 0.5) is 0 Å². The van der Waals surface area contributed by atoms with E-state index in [1.807, 2.05) is 18.2 Å². The lowest BCUT2D eigenvalue weighted by Crippen LogP contribution is -2.17. The first kappa shape index (κ1) is 17.5. The van der Waals surface area contributed by atoms with Gasteiger partial charge in [0, 0.05) is 18.3 Å². The van der Waals surface area contributed by atoms with Crippen molar-refractivity contribution in [2.45, 2.75) is 0 Å². The van der Waals surface area contributed by atoms with Gasteiger partial charge in [0.2, 0.25) is 5.89 Å². The summed E-state index contributed by atoms with van der Waals surface area (Å²) >= 11 is 0. The Morgan fingerprint density at radius 3 is 2.71 bits per heavy atom. The van der Waals surface area contributed by atoms with Crippen LogP contribution in [0.1, 0.15) is 0 Å². The molecule has 0 aliphatic heterocycles. The molecule has 0 N–H and O–H groups in total. The molecule has 140 valence electrons. The van der Waals surface area contributed by atoms with E-state index >= 15 is 0 Å². The van der Waals surface area contributed by atoms with Gasteiger partial charge in [-0.1, -0.05) is 12.1 Å². The average molecular weight is 376 g/mol. The minimum atomic E-state index is -0.536. The fourth-order valence-corrected chi connectivity index (χ4v) is 2.56. The van der Waals surface area contributed by atoms with Crippen molar-refractivity contribution in [1.82, 2.24) is 9.97 Å². The van der Waals surface area contributed by atoms with Gasteiger partial charge in [0.25, 0.3) is 0 Å². The van der Waals surface area contributed by atoms with Crippen LogP contribution in [0.15, 0.2) is 71.3 Å². The molecule has 2 aromatic heterocycles. The van der Waals surface area contributed by atoms with Gasteiger partial charge in [0.1, 0.15) is 28.5 Å². The maximum absolute atomic E-state index is 12.1. The average Bonchev–Trinajstić information content (AvgIpc) is 3.16. The highest BCUT2D eigenvalue weighted by Gasteiger charge is 2.12. The molecule has 4 rings (SSSR count). The number of carbonyl (C=O) groups is 1. The molecule has 28 heavy (non-hydrogen) atoms. The van der Waals surface area contributed by atoms with Crippen LogP contribution >= 0.6 is 0 Å². The highest BCUT2D eigenvalue weighted by atomic mass is 16.6. The van der Waals surface area contributed by atoms with Crippen molar-refractivity contribution in [3.05, 3.63) is 66.9 Å². The Bertz CT molecular complexity index is 1110. The second kappa shape index (κ2) is 7.79. The Balaban J connectivity index is 1.43. The van der Waals surface area contributed by atoms with Crippen molar-refractivity contribution in [3.8, 4) is 28.8 Å². The molecule has 7 heteroatoms. The zero-order valence-corrected chi connectivity index (χ0v) is 15.0. The fourth-order valence-electron chi connectivity index (χ4n) is 2.56. The summed E-state index contributed by atoms with van der Waals surface area (Å²) in [5.41, 5.74) is 1.77. The number of rotatable bonds is 6. The van der Waals surface area contributed by atoms with Crippen molar-refractivity contribution in [1.29, 1.82) is 0 Å². The number of oxazole rings is 1. The predicted octanol–water partition coefficient (Wildman–Crippen LogP) is 3.88. The van der Waals surface area contributed by atoms with Gasteiger partial charge in [-0.2, -0.15) is 0 Å². The molecule has 0 spiro atoms. The Morgan fingerprint density at radius 1 is 1.00 bits per heavy atom. The van der Waals surface area contributed by atoms with Crippen LogP contribution in [0.3, 0.4) is 0 Å². The summed E-state index contributed by atoms with van der Waals surface area (Å²) in [5, 5.41) is 0. The molecule has 2 aromatic carbocycles. The summed E-state index contributed by atoms with van der Waals surface area (Å²) in [4.78, 5) is 20.7. The van der Waals surface area contributed by atoms with Crippen molar-refractivity contribution in [2.75, 3.05) is 13.7 Å². The Morgan fingerprint density at radius 2 is 1.89 bits per heavy atom. The van der Waals surface area contributed by atoms with Gasteiger partial charge < -0.3 is 18.6 Å². The van der Waals surface area contributed by atoms with Crippen molar-refractivity contribution < 1.29 is 23.4 Å². The van der Waals surface area contributed by atoms with E-state index in [1.54, 1.807) is 55.8 Å². The highest BCUT2D eigenvalue weighted by Crippen LogP contribution is 2.26. The first-order valence-electron chi connectivity index (χ1n) is 8.51. The number of pyridine rings is 1. The fraction of sp³-hybridized carbons (Fsp3) is 0.0952. The van der Waals surface area contributed by atoms with E-state index in [0.29, 0.717) is 39.9 Å². The summed E-state index contributed by atoms with van der Waals surface area (Å²) in [5.74, 6) is 1.37. The van der Waals surface area contributed by atoms with Crippen LogP contribution in [0.2, 0.25) is 0 Å². The van der Waals surface area contributed by atoms with Gasteiger partial charge in [0.05, 0.1) is 7.11 Å². The van der Waals surface area contributed by atoms with Crippen LogP contribution in [0.25, 0.3) is 22.7 Å². The molecule has 0 atom stereocenters. The number of esters is 1. The van der Waals surface area contributed by atoms with Gasteiger partial charge in [-0.25, -0.2) is 9.78 Å². The summed E-state index contributed by atoms with van der Waals surface area (Å²) in [6.07, 6.45) is 1.67. The normalized spacial score (nSPS) is 10.6. The van der Waals surface area contributed by atoms with Gasteiger partial charge in [-0.05, 0) is 36.4 Å². The molecule has 0 saturated carbocycles. The zero-order chi connectivity index (χ0) is 19.3. The molecule has 0 radical (unpaired) electrons. The van der Waals surface area contributed by atoms with Crippen LogP contribution in [0, 0.1) is 0 Å². The quantitative estimate of drug-likeness (QED) is 0.373. The third-order valence-electron chi connectivity index (χ3n) is 3.87. The summed E-state index contributed by atoms with van der Waals surface area (Å²) < 4.78 is 21.6. The van der Waals surface area contributed by atoms with Crippen molar-refractivity contribution in [2.24, 2.45) is 0 Å². The summed E-state index contributed by atoms with van der Waals surface area (Å²) in [6.45, 7) is -0.235. The van der Waals surface area contributed by atoms with Crippen LogP contribution in [-0.2, 0) is 4.79 Å². The molecular formula is C21H16N2O5. The molecular weight excluding hydrogens is 360 g/mol. The third-order valence-corrected chi connectivity index (χ3v) is 3.87. The number of methoxy groups -OCH3 is 1. The molecule has 0 amide bonds. The van der Waals surface area contributed by atoms with Crippen LogP contribution in [0.5, 0.6) is 17.2 Å². The highest BCUT2D eigenvalue weighted by molar-refractivity contribution is 5.79. The maximum atomic E-state index is 12.1. The molecule has 7 nitrogen and oxygen atoms in total. The Labute approximate surface area is 160 Å². The number of benzene rings is 2. The van der Waals surface area contributed by atoms with E-state index in [9.17, 15) is 4.79 Å². The van der Waals surface area contributed by atoms with Gasteiger partial charge in [-0.3, -0.25) is 4.98 Å². The standard InChI is InChI=1S/C21H16N2O5/c1-25-14-5-4-6-15(11-14)26-13-20(24)27-16-8-9-17-19(12-16)28-21(23-17)18-7-2-3-10-22-18/h2-12H,13H2,1H3. The monoisotopic (exact) mass is 376 g/mol. The Hall–Kier alpha value is -3.87. The third kappa shape index (κ3) is 3.93. The number of aromatic nitrogens is 2. The van der Waals surface area contributed by atoms with E-state index in [2.05, 4.69) is 9.97 Å². The first-order valence-corrected chi connectivity index (χ1v) is 8.51. The van der Waals surface area contributed by atoms with E-state index in [0.717, 1.165) is 0 Å². The summed E-state index contributed by atoms with van der Waals surface area (Å²) in [6, 6.07) is 17.4. The topological polar surface area (TPSA) is 83.7 Å². The van der Waals surface area contributed by atoms with E-state index in [4.69, 9.17) is 18.6 Å². The van der Waals surface area contributed by atoms with Gasteiger partial charge >= 0.3 is 5.97 Å².